The van der Waals surface area contributed by atoms with Crippen LogP contribution in [0.5, 0.6) is 0 Å². The van der Waals surface area contributed by atoms with Gasteiger partial charge in [-0.3, -0.25) is 4.79 Å². The van der Waals surface area contributed by atoms with E-state index in [2.05, 4.69) is 0 Å². The van der Waals surface area contributed by atoms with Gasteiger partial charge >= 0.3 is 12.1 Å². The number of amides is 1. The van der Waals surface area contributed by atoms with Crippen molar-refractivity contribution in [3.8, 4) is 0 Å². The van der Waals surface area contributed by atoms with Gasteiger partial charge in [0.2, 0.25) is 0 Å². The van der Waals surface area contributed by atoms with Crippen LogP contribution in [-0.4, -0.2) is 28.7 Å². The summed E-state index contributed by atoms with van der Waals surface area (Å²) in [5.74, 6) is -1.91. The van der Waals surface area contributed by atoms with Crippen molar-refractivity contribution in [1.82, 2.24) is 5.32 Å². The van der Waals surface area contributed by atoms with Crippen LogP contribution in [0, 0.1) is 0 Å². The summed E-state index contributed by atoms with van der Waals surface area (Å²) in [6, 6.07) is 5.62. The molecule has 0 aromatic heterocycles. The maximum Gasteiger partial charge on any atom is 0.411 e. The second-order valence-electron chi connectivity index (χ2n) is 4.83. The zero-order chi connectivity index (χ0) is 15.7. The minimum absolute atomic E-state index is 0.0954. The second kappa shape index (κ2) is 5.23. The van der Waals surface area contributed by atoms with Gasteiger partial charge in [-0.1, -0.05) is 12.1 Å². The average molecular weight is 299 g/mol. The summed E-state index contributed by atoms with van der Waals surface area (Å²) in [4.78, 5) is 22.1. The van der Waals surface area contributed by atoms with Crippen LogP contribution in [-0.2, 0) is 4.79 Å². The Morgan fingerprint density at radius 1 is 1.19 bits per heavy atom. The molecule has 1 aromatic carbocycles. The molecule has 1 fully saturated rings. The first-order valence-corrected chi connectivity index (χ1v) is 6.14. The van der Waals surface area contributed by atoms with Crippen LogP contribution in [0.15, 0.2) is 30.3 Å². The third-order valence-electron chi connectivity index (χ3n) is 3.24. The lowest BCUT2D eigenvalue weighted by molar-refractivity contribution is -0.163. The van der Waals surface area contributed by atoms with Gasteiger partial charge in [0.15, 0.2) is 0 Å². The number of benzene rings is 1. The number of alkyl halides is 3. The monoisotopic (exact) mass is 299 g/mol. The highest BCUT2D eigenvalue weighted by atomic mass is 19.4. The van der Waals surface area contributed by atoms with Crippen molar-refractivity contribution in [2.75, 3.05) is 0 Å². The van der Waals surface area contributed by atoms with Crippen molar-refractivity contribution in [2.45, 2.75) is 24.6 Å². The summed E-state index contributed by atoms with van der Waals surface area (Å²) in [5, 5.41) is 10.5. The zero-order valence-electron chi connectivity index (χ0n) is 10.8. The van der Waals surface area contributed by atoms with Gasteiger partial charge in [0.05, 0.1) is 0 Å². The molecule has 0 atom stereocenters. The van der Waals surface area contributed by atoms with Crippen LogP contribution in [0.1, 0.15) is 28.8 Å². The Kier molecular flexibility index (Phi) is 3.76. The number of carboxylic acid groups (broad SMARTS) is 1. The molecule has 1 amide bonds. The molecule has 0 saturated heterocycles. The van der Waals surface area contributed by atoms with Crippen molar-refractivity contribution < 1.29 is 27.9 Å². The Labute approximate surface area is 118 Å². The molecule has 0 bridgehead atoms. The summed E-state index contributed by atoms with van der Waals surface area (Å²) in [6.07, 6.45) is -2.42. The molecule has 0 unspecified atom stereocenters. The van der Waals surface area contributed by atoms with E-state index in [9.17, 15) is 22.8 Å². The fourth-order valence-electron chi connectivity index (χ4n) is 1.81. The van der Waals surface area contributed by atoms with E-state index in [-0.39, 0.29) is 18.4 Å². The molecular weight excluding hydrogens is 287 g/mol. The second-order valence-corrected chi connectivity index (χ2v) is 4.83. The highest BCUT2D eigenvalue weighted by Crippen LogP contribution is 2.49. The Hall–Kier alpha value is -2.31. The first kappa shape index (κ1) is 15.1. The Morgan fingerprint density at radius 2 is 1.76 bits per heavy atom. The molecular formula is C14H12F3NO3. The molecule has 2 N–H and O–H groups in total. The van der Waals surface area contributed by atoms with Gasteiger partial charge in [0.25, 0.3) is 5.91 Å². The first-order valence-electron chi connectivity index (χ1n) is 6.14. The fourth-order valence-corrected chi connectivity index (χ4v) is 1.81. The molecule has 1 aromatic rings. The molecule has 0 radical (unpaired) electrons. The van der Waals surface area contributed by atoms with Gasteiger partial charge < -0.3 is 10.4 Å². The van der Waals surface area contributed by atoms with Gasteiger partial charge in [-0.15, -0.1) is 0 Å². The van der Waals surface area contributed by atoms with Gasteiger partial charge in [-0.05, 0) is 36.6 Å². The quantitative estimate of drug-likeness (QED) is 0.840. The van der Waals surface area contributed by atoms with Crippen LogP contribution in [0.3, 0.4) is 0 Å². The molecule has 2 rings (SSSR count). The summed E-state index contributed by atoms with van der Waals surface area (Å²) in [6.45, 7) is 0. The zero-order valence-corrected chi connectivity index (χ0v) is 10.8. The van der Waals surface area contributed by atoms with E-state index < -0.39 is 23.6 Å². The van der Waals surface area contributed by atoms with Crippen LogP contribution >= 0.6 is 0 Å². The van der Waals surface area contributed by atoms with Crippen LogP contribution < -0.4 is 5.32 Å². The van der Waals surface area contributed by atoms with Crippen LogP contribution in [0.25, 0.3) is 6.08 Å². The predicted molar refractivity (Wildman–Crippen MR) is 68.6 cm³/mol. The SMILES string of the molecule is O=C(O)/C=C/c1ccc(C(=O)NC2(C(F)(F)F)CC2)cc1. The van der Waals surface area contributed by atoms with Crippen molar-refractivity contribution in [2.24, 2.45) is 0 Å². The molecule has 0 spiro atoms. The lowest BCUT2D eigenvalue weighted by Gasteiger charge is -2.20. The smallest absolute Gasteiger partial charge is 0.411 e. The summed E-state index contributed by atoms with van der Waals surface area (Å²) >= 11 is 0. The highest BCUT2D eigenvalue weighted by molar-refractivity contribution is 5.95. The van der Waals surface area contributed by atoms with Crippen molar-refractivity contribution >= 4 is 18.0 Å². The molecule has 0 heterocycles. The minimum Gasteiger partial charge on any atom is -0.478 e. The summed E-state index contributed by atoms with van der Waals surface area (Å²) < 4.78 is 38.2. The third-order valence-corrected chi connectivity index (χ3v) is 3.24. The standard InChI is InChI=1S/C14H12F3NO3/c15-14(16,17)13(7-8-13)18-12(21)10-4-1-9(2-5-10)3-6-11(19)20/h1-6H,7-8H2,(H,18,21)(H,19,20)/b6-3+. The van der Waals surface area contributed by atoms with E-state index in [1.54, 1.807) is 0 Å². The van der Waals surface area contributed by atoms with E-state index in [1.165, 1.54) is 30.3 Å². The van der Waals surface area contributed by atoms with E-state index in [0.717, 1.165) is 6.08 Å². The number of aliphatic carboxylic acids is 1. The largest absolute Gasteiger partial charge is 0.478 e. The molecule has 1 aliphatic carbocycles. The topological polar surface area (TPSA) is 66.4 Å². The molecule has 0 aliphatic heterocycles. The Balaban J connectivity index is 2.06. The number of nitrogens with one attached hydrogen (secondary N) is 1. The number of halogens is 3. The molecule has 1 saturated carbocycles. The predicted octanol–water partition coefficient (Wildman–Crippen LogP) is 2.61. The fraction of sp³-hybridized carbons (Fsp3) is 0.286. The maximum atomic E-state index is 12.7. The van der Waals surface area contributed by atoms with Crippen LogP contribution in [0.2, 0.25) is 0 Å². The average Bonchev–Trinajstić information content (AvgIpc) is 3.17. The van der Waals surface area contributed by atoms with Gasteiger partial charge in [0.1, 0.15) is 5.54 Å². The molecule has 4 nitrogen and oxygen atoms in total. The molecule has 112 valence electrons. The van der Waals surface area contributed by atoms with Crippen molar-refractivity contribution in [1.29, 1.82) is 0 Å². The third kappa shape index (κ3) is 3.42. The number of carbonyl (C=O) groups is 2. The molecule has 7 heteroatoms. The first-order chi connectivity index (χ1) is 9.73. The number of hydrogen-bond acceptors (Lipinski definition) is 2. The van der Waals surface area contributed by atoms with Gasteiger partial charge in [0, 0.05) is 11.6 Å². The van der Waals surface area contributed by atoms with E-state index in [4.69, 9.17) is 5.11 Å². The van der Waals surface area contributed by atoms with Crippen LogP contribution in [0.4, 0.5) is 13.2 Å². The lowest BCUT2D eigenvalue weighted by atomic mass is 10.1. The number of rotatable bonds is 4. The lowest BCUT2D eigenvalue weighted by Crippen LogP contribution is -2.47. The van der Waals surface area contributed by atoms with Gasteiger partial charge in [-0.2, -0.15) is 13.2 Å². The summed E-state index contributed by atoms with van der Waals surface area (Å²) in [5.41, 5.74) is -1.46. The minimum atomic E-state index is -4.45. The molecule has 1 aliphatic rings. The van der Waals surface area contributed by atoms with E-state index in [0.29, 0.717) is 5.56 Å². The van der Waals surface area contributed by atoms with E-state index in [1.807, 2.05) is 5.32 Å². The van der Waals surface area contributed by atoms with Crippen molar-refractivity contribution in [3.63, 3.8) is 0 Å². The Morgan fingerprint density at radius 3 is 2.19 bits per heavy atom. The Bertz CT molecular complexity index is 586. The summed E-state index contributed by atoms with van der Waals surface area (Å²) in [7, 11) is 0. The highest BCUT2D eigenvalue weighted by Gasteiger charge is 2.64. The van der Waals surface area contributed by atoms with Crippen molar-refractivity contribution in [3.05, 3.63) is 41.5 Å². The number of carboxylic acids is 1. The molecule has 21 heavy (non-hydrogen) atoms. The van der Waals surface area contributed by atoms with Gasteiger partial charge in [-0.25, -0.2) is 4.79 Å². The maximum absolute atomic E-state index is 12.7. The number of hydrogen-bond donors (Lipinski definition) is 2. The number of carbonyl (C=O) groups excluding carboxylic acids is 1. The normalized spacial score (nSPS) is 16.7. The van der Waals surface area contributed by atoms with E-state index >= 15 is 0 Å².